The lowest BCUT2D eigenvalue weighted by molar-refractivity contribution is 0.244. The number of hydrogen-bond donors (Lipinski definition) is 2. The Morgan fingerprint density at radius 3 is 2.48 bits per heavy atom. The summed E-state index contributed by atoms with van der Waals surface area (Å²) in [6.07, 6.45) is 3.39. The van der Waals surface area contributed by atoms with E-state index in [4.69, 9.17) is 9.47 Å². The predicted octanol–water partition coefficient (Wildman–Crippen LogP) is 3.64. The first-order valence-corrected chi connectivity index (χ1v) is 8.19. The summed E-state index contributed by atoms with van der Waals surface area (Å²) in [7, 11) is 0. The van der Waals surface area contributed by atoms with Gasteiger partial charge in [-0.25, -0.2) is 4.79 Å². The number of allylic oxidation sites excluding steroid dienone is 1. The first kappa shape index (κ1) is 18.9. The van der Waals surface area contributed by atoms with E-state index in [2.05, 4.69) is 10.6 Å². The van der Waals surface area contributed by atoms with Crippen LogP contribution in [-0.2, 0) is 6.42 Å². The minimum absolute atomic E-state index is 0.186. The van der Waals surface area contributed by atoms with Gasteiger partial charge in [0, 0.05) is 12.7 Å². The number of rotatable bonds is 9. The van der Waals surface area contributed by atoms with Crippen molar-refractivity contribution in [2.24, 2.45) is 0 Å². The molecule has 0 bridgehead atoms. The molecule has 0 atom stereocenters. The Hall–Kier alpha value is -2.17. The molecule has 128 valence electrons. The Bertz CT molecular complexity index is 527. The zero-order valence-electron chi connectivity index (χ0n) is 14.6. The maximum Gasteiger partial charge on any atom is 0.318 e. The largest absolute Gasteiger partial charge is 0.490 e. The number of hydrogen-bond acceptors (Lipinski definition) is 3. The number of nitrogens with one attached hydrogen (secondary N) is 2. The Kier molecular flexibility index (Phi) is 8.65. The number of urea groups is 1. The van der Waals surface area contributed by atoms with Gasteiger partial charge in [0.05, 0.1) is 13.2 Å². The summed E-state index contributed by atoms with van der Waals surface area (Å²) in [6.45, 7) is 9.67. The smallest absolute Gasteiger partial charge is 0.318 e. The van der Waals surface area contributed by atoms with Crippen LogP contribution in [0.1, 0.15) is 39.7 Å². The van der Waals surface area contributed by atoms with E-state index in [0.717, 1.165) is 35.5 Å². The molecule has 2 N–H and O–H groups in total. The lowest BCUT2D eigenvalue weighted by Gasteiger charge is -2.12. The van der Waals surface area contributed by atoms with Crippen molar-refractivity contribution in [2.45, 2.75) is 40.5 Å². The van der Waals surface area contributed by atoms with Crippen molar-refractivity contribution >= 4 is 6.03 Å². The van der Waals surface area contributed by atoms with Gasteiger partial charge in [0.2, 0.25) is 0 Å². The van der Waals surface area contributed by atoms with E-state index in [1.807, 2.05) is 45.9 Å². The normalized spacial score (nSPS) is 11.0. The SMILES string of the molecule is CCOc1ccc(CCNC(=O)N/C=C(\C)CC)cc1OCC. The third-order valence-electron chi connectivity index (χ3n) is 3.31. The van der Waals surface area contributed by atoms with Crippen molar-refractivity contribution in [2.75, 3.05) is 19.8 Å². The van der Waals surface area contributed by atoms with Crippen LogP contribution < -0.4 is 20.1 Å². The van der Waals surface area contributed by atoms with Gasteiger partial charge in [-0.05, 0) is 51.3 Å². The molecule has 5 nitrogen and oxygen atoms in total. The fraction of sp³-hybridized carbons (Fsp3) is 0.500. The fourth-order valence-electron chi connectivity index (χ4n) is 1.91. The summed E-state index contributed by atoms with van der Waals surface area (Å²) in [5.74, 6) is 1.50. The van der Waals surface area contributed by atoms with Crippen molar-refractivity contribution in [3.63, 3.8) is 0 Å². The second-order valence-electron chi connectivity index (χ2n) is 5.14. The summed E-state index contributed by atoms with van der Waals surface area (Å²) in [5.41, 5.74) is 2.23. The molecule has 0 saturated heterocycles. The van der Waals surface area contributed by atoms with Crippen LogP contribution in [-0.4, -0.2) is 25.8 Å². The molecule has 0 unspecified atom stereocenters. The van der Waals surface area contributed by atoms with Gasteiger partial charge in [0.15, 0.2) is 11.5 Å². The molecule has 0 saturated carbocycles. The van der Waals surface area contributed by atoms with Crippen LogP contribution in [0.25, 0.3) is 0 Å². The minimum Gasteiger partial charge on any atom is -0.490 e. The van der Waals surface area contributed by atoms with Crippen molar-refractivity contribution in [1.82, 2.24) is 10.6 Å². The molecule has 1 aromatic rings. The molecule has 1 rings (SSSR count). The minimum atomic E-state index is -0.186. The molecule has 0 spiro atoms. The van der Waals surface area contributed by atoms with E-state index in [1.54, 1.807) is 6.20 Å². The zero-order chi connectivity index (χ0) is 17.1. The summed E-state index contributed by atoms with van der Waals surface area (Å²) in [4.78, 5) is 11.7. The van der Waals surface area contributed by atoms with Gasteiger partial charge in [-0.3, -0.25) is 0 Å². The molecule has 0 aliphatic rings. The fourth-order valence-corrected chi connectivity index (χ4v) is 1.91. The van der Waals surface area contributed by atoms with Crippen molar-refractivity contribution in [3.05, 3.63) is 35.5 Å². The van der Waals surface area contributed by atoms with Crippen molar-refractivity contribution in [3.8, 4) is 11.5 Å². The summed E-state index contributed by atoms with van der Waals surface area (Å²) >= 11 is 0. The molecule has 2 amide bonds. The number of carbonyl (C=O) groups is 1. The third kappa shape index (κ3) is 7.08. The highest BCUT2D eigenvalue weighted by atomic mass is 16.5. The number of ether oxygens (including phenoxy) is 2. The van der Waals surface area contributed by atoms with E-state index in [0.29, 0.717) is 19.8 Å². The number of benzene rings is 1. The van der Waals surface area contributed by atoms with Gasteiger partial charge in [0.1, 0.15) is 0 Å². The first-order chi connectivity index (χ1) is 11.1. The van der Waals surface area contributed by atoms with E-state index < -0.39 is 0 Å². The average molecular weight is 320 g/mol. The van der Waals surface area contributed by atoms with E-state index in [1.165, 1.54) is 0 Å². The lowest BCUT2D eigenvalue weighted by atomic mass is 10.1. The van der Waals surface area contributed by atoms with Gasteiger partial charge < -0.3 is 20.1 Å². The quantitative estimate of drug-likeness (QED) is 0.730. The molecule has 0 aromatic heterocycles. The summed E-state index contributed by atoms with van der Waals surface area (Å²) < 4.78 is 11.1. The standard InChI is InChI=1S/C18H28N2O3/c1-5-14(4)13-20-18(21)19-11-10-15-8-9-16(22-6-2)17(12-15)23-7-3/h8-9,12-13H,5-7,10-11H2,1-4H3,(H2,19,20,21)/b14-13+. The maximum atomic E-state index is 11.7. The van der Waals surface area contributed by atoms with Crippen LogP contribution in [0.2, 0.25) is 0 Å². The van der Waals surface area contributed by atoms with Crippen LogP contribution in [0.15, 0.2) is 30.0 Å². The average Bonchev–Trinajstić information content (AvgIpc) is 2.55. The molecule has 5 heteroatoms. The lowest BCUT2D eigenvalue weighted by Crippen LogP contribution is -2.33. The van der Waals surface area contributed by atoms with Crippen LogP contribution in [0.5, 0.6) is 11.5 Å². The van der Waals surface area contributed by atoms with E-state index in [9.17, 15) is 4.79 Å². The van der Waals surface area contributed by atoms with Gasteiger partial charge in [-0.2, -0.15) is 0 Å². The van der Waals surface area contributed by atoms with Gasteiger partial charge in [-0.1, -0.05) is 18.6 Å². The van der Waals surface area contributed by atoms with Gasteiger partial charge in [0.25, 0.3) is 0 Å². The molecule has 0 aliphatic heterocycles. The van der Waals surface area contributed by atoms with Crippen LogP contribution in [0, 0.1) is 0 Å². The highest BCUT2D eigenvalue weighted by Gasteiger charge is 2.06. The Morgan fingerprint density at radius 1 is 1.13 bits per heavy atom. The van der Waals surface area contributed by atoms with E-state index in [-0.39, 0.29) is 6.03 Å². The Labute approximate surface area is 139 Å². The molecule has 0 radical (unpaired) electrons. The van der Waals surface area contributed by atoms with Gasteiger partial charge >= 0.3 is 6.03 Å². The molecular weight excluding hydrogens is 292 g/mol. The van der Waals surface area contributed by atoms with Crippen molar-refractivity contribution in [1.29, 1.82) is 0 Å². The highest BCUT2D eigenvalue weighted by Crippen LogP contribution is 2.28. The molecule has 0 heterocycles. The maximum absolute atomic E-state index is 11.7. The topological polar surface area (TPSA) is 59.6 Å². The molecular formula is C18H28N2O3. The predicted molar refractivity (Wildman–Crippen MR) is 93.1 cm³/mol. The van der Waals surface area contributed by atoms with E-state index >= 15 is 0 Å². The Morgan fingerprint density at radius 2 is 1.83 bits per heavy atom. The third-order valence-corrected chi connectivity index (χ3v) is 3.31. The first-order valence-electron chi connectivity index (χ1n) is 8.19. The van der Waals surface area contributed by atoms with Crippen LogP contribution in [0.4, 0.5) is 4.79 Å². The summed E-state index contributed by atoms with van der Waals surface area (Å²) in [6, 6.07) is 5.69. The van der Waals surface area contributed by atoms with Crippen LogP contribution in [0.3, 0.4) is 0 Å². The summed E-state index contributed by atoms with van der Waals surface area (Å²) in [5, 5.41) is 5.56. The molecule has 0 fully saturated rings. The molecule has 0 aliphatic carbocycles. The number of carbonyl (C=O) groups excluding carboxylic acids is 1. The molecule has 1 aromatic carbocycles. The van der Waals surface area contributed by atoms with Gasteiger partial charge in [-0.15, -0.1) is 0 Å². The van der Waals surface area contributed by atoms with Crippen molar-refractivity contribution < 1.29 is 14.3 Å². The number of amides is 2. The monoisotopic (exact) mass is 320 g/mol. The molecule has 23 heavy (non-hydrogen) atoms. The highest BCUT2D eigenvalue weighted by molar-refractivity contribution is 5.74. The van der Waals surface area contributed by atoms with Crippen LogP contribution >= 0.6 is 0 Å². The Balaban J connectivity index is 2.51. The second kappa shape index (κ2) is 10.5. The zero-order valence-corrected chi connectivity index (χ0v) is 14.6. The second-order valence-corrected chi connectivity index (χ2v) is 5.14.